The SMILES string of the molecule is CCNC(=NCC1(N2CCCC2)CCOCC1)NCC1CCCN1Cc1ccccc1.I. The fourth-order valence-corrected chi connectivity index (χ4v) is 5.45. The Hall–Kier alpha value is -0.900. The quantitative estimate of drug-likeness (QED) is 0.293. The molecule has 4 rings (SSSR count). The summed E-state index contributed by atoms with van der Waals surface area (Å²) in [5.74, 6) is 0.971. The number of hydrogen-bond donors (Lipinski definition) is 2. The Morgan fingerprint density at radius 1 is 1.06 bits per heavy atom. The van der Waals surface area contributed by atoms with E-state index in [-0.39, 0.29) is 29.5 Å². The lowest BCUT2D eigenvalue weighted by atomic mass is 9.88. The normalized spacial score (nSPS) is 24.3. The van der Waals surface area contributed by atoms with Crippen LogP contribution in [-0.2, 0) is 11.3 Å². The zero-order valence-corrected chi connectivity index (χ0v) is 22.1. The first-order valence-corrected chi connectivity index (χ1v) is 12.4. The molecule has 3 aliphatic rings. The van der Waals surface area contributed by atoms with Crippen LogP contribution in [0.3, 0.4) is 0 Å². The van der Waals surface area contributed by atoms with Crippen LogP contribution in [-0.4, -0.2) is 79.8 Å². The number of hydrogen-bond acceptors (Lipinski definition) is 4. The van der Waals surface area contributed by atoms with Crippen molar-refractivity contribution in [2.75, 3.05) is 52.5 Å². The van der Waals surface area contributed by atoms with Crippen molar-refractivity contribution in [2.24, 2.45) is 4.99 Å². The molecule has 0 amide bonds. The highest BCUT2D eigenvalue weighted by Gasteiger charge is 2.39. The van der Waals surface area contributed by atoms with E-state index in [1.807, 2.05) is 0 Å². The fourth-order valence-electron chi connectivity index (χ4n) is 5.45. The third-order valence-electron chi connectivity index (χ3n) is 7.31. The maximum atomic E-state index is 5.70. The molecule has 1 atom stereocenters. The van der Waals surface area contributed by atoms with Gasteiger partial charge in [-0.25, -0.2) is 0 Å². The summed E-state index contributed by atoms with van der Waals surface area (Å²) in [6.45, 7) is 11.3. The maximum Gasteiger partial charge on any atom is 0.191 e. The van der Waals surface area contributed by atoms with Gasteiger partial charge in [-0.2, -0.15) is 0 Å². The average molecular weight is 556 g/mol. The molecule has 3 fully saturated rings. The standard InChI is InChI=1S/C25H41N5O.HI/c1-2-26-24(28-21-25(12-17-31-18-13-25)30-15-6-7-16-30)27-19-23-11-8-14-29(23)20-22-9-4-3-5-10-22;/h3-5,9-10,23H,2,6-8,11-21H2,1H3,(H2,26,27,28);1H. The molecule has 0 radical (unpaired) electrons. The number of rotatable bonds is 8. The van der Waals surface area contributed by atoms with E-state index in [4.69, 9.17) is 9.73 Å². The van der Waals surface area contributed by atoms with Crippen molar-refractivity contribution in [2.45, 2.75) is 63.6 Å². The second-order valence-corrected chi connectivity index (χ2v) is 9.36. The number of halogens is 1. The maximum absolute atomic E-state index is 5.70. The highest BCUT2D eigenvalue weighted by Crippen LogP contribution is 2.31. The van der Waals surface area contributed by atoms with Crippen LogP contribution in [0.1, 0.15) is 51.0 Å². The first-order chi connectivity index (χ1) is 15.3. The molecule has 32 heavy (non-hydrogen) atoms. The van der Waals surface area contributed by atoms with Crippen LogP contribution in [0.5, 0.6) is 0 Å². The summed E-state index contributed by atoms with van der Waals surface area (Å²) in [6, 6.07) is 11.4. The van der Waals surface area contributed by atoms with Gasteiger partial charge in [0.1, 0.15) is 0 Å². The molecule has 0 saturated carbocycles. The number of ether oxygens (including phenoxy) is 1. The molecule has 1 aromatic rings. The number of nitrogens with one attached hydrogen (secondary N) is 2. The van der Waals surface area contributed by atoms with Gasteiger partial charge >= 0.3 is 0 Å². The number of benzene rings is 1. The predicted octanol–water partition coefficient (Wildman–Crippen LogP) is 3.47. The van der Waals surface area contributed by atoms with E-state index in [0.717, 1.165) is 58.2 Å². The van der Waals surface area contributed by atoms with Gasteiger partial charge in [-0.1, -0.05) is 30.3 Å². The molecule has 6 nitrogen and oxygen atoms in total. The van der Waals surface area contributed by atoms with Crippen LogP contribution in [0.25, 0.3) is 0 Å². The van der Waals surface area contributed by atoms with Gasteiger partial charge in [0.2, 0.25) is 0 Å². The lowest BCUT2D eigenvalue weighted by Gasteiger charge is -2.43. The Kier molecular flexibility index (Phi) is 10.5. The van der Waals surface area contributed by atoms with E-state index in [1.165, 1.54) is 50.9 Å². The highest BCUT2D eigenvalue weighted by molar-refractivity contribution is 14.0. The molecule has 0 spiro atoms. The van der Waals surface area contributed by atoms with Crippen LogP contribution < -0.4 is 10.6 Å². The molecular weight excluding hydrogens is 513 g/mol. The molecule has 2 N–H and O–H groups in total. The van der Waals surface area contributed by atoms with Gasteiger partial charge in [-0.3, -0.25) is 14.8 Å². The van der Waals surface area contributed by atoms with Crippen molar-refractivity contribution in [1.82, 2.24) is 20.4 Å². The topological polar surface area (TPSA) is 52.1 Å². The van der Waals surface area contributed by atoms with Crippen molar-refractivity contribution in [3.63, 3.8) is 0 Å². The number of likely N-dealkylation sites (tertiary alicyclic amines) is 2. The third kappa shape index (κ3) is 6.81. The van der Waals surface area contributed by atoms with Crippen LogP contribution in [0, 0.1) is 0 Å². The first-order valence-electron chi connectivity index (χ1n) is 12.4. The number of nitrogens with zero attached hydrogens (tertiary/aromatic N) is 3. The summed E-state index contributed by atoms with van der Waals surface area (Å²) in [6.07, 6.45) is 7.39. The highest BCUT2D eigenvalue weighted by atomic mass is 127. The number of guanidine groups is 1. The minimum Gasteiger partial charge on any atom is -0.381 e. The Morgan fingerprint density at radius 2 is 1.81 bits per heavy atom. The van der Waals surface area contributed by atoms with Crippen LogP contribution in [0.4, 0.5) is 0 Å². The largest absolute Gasteiger partial charge is 0.381 e. The molecular formula is C25H42IN5O. The molecule has 180 valence electrons. The van der Waals surface area contributed by atoms with Gasteiger partial charge in [-0.05, 0) is 70.6 Å². The summed E-state index contributed by atoms with van der Waals surface area (Å²) in [5.41, 5.74) is 1.59. The Balaban J connectivity index is 0.00000289. The number of aliphatic imine (C=N–C) groups is 1. The van der Waals surface area contributed by atoms with Crippen LogP contribution >= 0.6 is 24.0 Å². The summed E-state index contributed by atoms with van der Waals surface area (Å²) < 4.78 is 5.70. The van der Waals surface area contributed by atoms with Crippen LogP contribution in [0.2, 0.25) is 0 Å². The van der Waals surface area contributed by atoms with Crippen molar-refractivity contribution in [3.8, 4) is 0 Å². The lowest BCUT2D eigenvalue weighted by Crippen LogP contribution is -2.54. The van der Waals surface area contributed by atoms with Crippen molar-refractivity contribution < 1.29 is 4.74 Å². The molecule has 1 unspecified atom stereocenters. The smallest absolute Gasteiger partial charge is 0.191 e. The molecule has 1 aromatic carbocycles. The fraction of sp³-hybridized carbons (Fsp3) is 0.720. The molecule has 7 heteroatoms. The second kappa shape index (κ2) is 13.1. The molecule has 0 bridgehead atoms. The van der Waals surface area contributed by atoms with E-state index in [1.54, 1.807) is 0 Å². The second-order valence-electron chi connectivity index (χ2n) is 9.36. The summed E-state index contributed by atoms with van der Waals surface area (Å²) in [5, 5.41) is 7.16. The van der Waals surface area contributed by atoms with Crippen molar-refractivity contribution in [3.05, 3.63) is 35.9 Å². The molecule has 3 heterocycles. The van der Waals surface area contributed by atoms with E-state index < -0.39 is 0 Å². The molecule has 3 saturated heterocycles. The Labute approximate surface area is 211 Å². The van der Waals surface area contributed by atoms with E-state index in [0.29, 0.717) is 6.04 Å². The van der Waals surface area contributed by atoms with Gasteiger partial charge in [-0.15, -0.1) is 24.0 Å². The first kappa shape index (κ1) is 25.7. The average Bonchev–Trinajstić information content (AvgIpc) is 3.50. The molecule has 3 aliphatic heterocycles. The van der Waals surface area contributed by atoms with E-state index in [9.17, 15) is 0 Å². The Bertz CT molecular complexity index is 689. The van der Waals surface area contributed by atoms with Gasteiger partial charge in [0.15, 0.2) is 5.96 Å². The zero-order valence-electron chi connectivity index (χ0n) is 19.7. The molecule has 0 aromatic heterocycles. The van der Waals surface area contributed by atoms with Crippen molar-refractivity contribution >= 4 is 29.9 Å². The molecule has 0 aliphatic carbocycles. The van der Waals surface area contributed by atoms with Gasteiger partial charge < -0.3 is 15.4 Å². The van der Waals surface area contributed by atoms with E-state index in [2.05, 4.69) is 57.7 Å². The minimum absolute atomic E-state index is 0. The van der Waals surface area contributed by atoms with Crippen molar-refractivity contribution in [1.29, 1.82) is 0 Å². The van der Waals surface area contributed by atoms with E-state index >= 15 is 0 Å². The Morgan fingerprint density at radius 3 is 2.53 bits per heavy atom. The zero-order chi connectivity index (χ0) is 21.4. The summed E-state index contributed by atoms with van der Waals surface area (Å²) >= 11 is 0. The lowest BCUT2D eigenvalue weighted by molar-refractivity contribution is -0.0139. The van der Waals surface area contributed by atoms with Crippen LogP contribution in [0.15, 0.2) is 35.3 Å². The summed E-state index contributed by atoms with van der Waals surface area (Å²) in [7, 11) is 0. The predicted molar refractivity (Wildman–Crippen MR) is 143 cm³/mol. The minimum atomic E-state index is 0. The third-order valence-corrected chi connectivity index (χ3v) is 7.31. The summed E-state index contributed by atoms with van der Waals surface area (Å²) in [4.78, 5) is 10.4. The van der Waals surface area contributed by atoms with Gasteiger partial charge in [0.05, 0.1) is 6.54 Å². The van der Waals surface area contributed by atoms with Gasteiger partial charge in [0.25, 0.3) is 0 Å². The van der Waals surface area contributed by atoms with Gasteiger partial charge in [0, 0.05) is 44.4 Å². The monoisotopic (exact) mass is 555 g/mol.